The SMILES string of the molecule is Cc1ccc(Br)c(C(=O)NC2CCCC2(C)C)c1. The third-order valence-electron chi connectivity index (χ3n) is 3.93. The number of amides is 1. The zero-order valence-corrected chi connectivity index (χ0v) is 12.8. The van der Waals surface area contributed by atoms with Gasteiger partial charge in [0, 0.05) is 10.5 Å². The molecular weight excluding hydrogens is 290 g/mol. The van der Waals surface area contributed by atoms with Crippen molar-refractivity contribution in [3.05, 3.63) is 33.8 Å². The predicted molar refractivity (Wildman–Crippen MR) is 77.8 cm³/mol. The van der Waals surface area contributed by atoms with E-state index in [-0.39, 0.29) is 17.4 Å². The molecule has 18 heavy (non-hydrogen) atoms. The largest absolute Gasteiger partial charge is 0.349 e. The molecule has 1 aliphatic carbocycles. The second-order valence-corrected chi connectivity index (χ2v) is 6.74. The smallest absolute Gasteiger partial charge is 0.252 e. The number of benzene rings is 1. The molecule has 1 unspecified atom stereocenters. The summed E-state index contributed by atoms with van der Waals surface area (Å²) in [5.41, 5.74) is 2.05. The van der Waals surface area contributed by atoms with Gasteiger partial charge >= 0.3 is 0 Å². The van der Waals surface area contributed by atoms with E-state index >= 15 is 0 Å². The summed E-state index contributed by atoms with van der Waals surface area (Å²) in [4.78, 5) is 12.3. The number of hydrogen-bond acceptors (Lipinski definition) is 1. The molecule has 98 valence electrons. The van der Waals surface area contributed by atoms with Crippen molar-refractivity contribution in [1.29, 1.82) is 0 Å². The van der Waals surface area contributed by atoms with Gasteiger partial charge in [0.05, 0.1) is 5.56 Å². The van der Waals surface area contributed by atoms with Gasteiger partial charge in [0.1, 0.15) is 0 Å². The summed E-state index contributed by atoms with van der Waals surface area (Å²) < 4.78 is 0.862. The Balaban J connectivity index is 2.15. The van der Waals surface area contributed by atoms with Gasteiger partial charge < -0.3 is 5.32 Å². The third-order valence-corrected chi connectivity index (χ3v) is 4.62. The summed E-state index contributed by atoms with van der Waals surface area (Å²) in [5.74, 6) is 0.0329. The van der Waals surface area contributed by atoms with Gasteiger partial charge in [0.2, 0.25) is 0 Å². The lowest BCUT2D eigenvalue weighted by Crippen LogP contribution is -2.41. The Morgan fingerprint density at radius 2 is 2.17 bits per heavy atom. The van der Waals surface area contributed by atoms with E-state index in [0.29, 0.717) is 0 Å². The number of nitrogens with one attached hydrogen (secondary N) is 1. The molecule has 1 N–H and O–H groups in total. The van der Waals surface area contributed by atoms with Gasteiger partial charge in [-0.15, -0.1) is 0 Å². The van der Waals surface area contributed by atoms with Crippen LogP contribution in [0.2, 0.25) is 0 Å². The zero-order valence-electron chi connectivity index (χ0n) is 11.2. The first-order valence-electron chi connectivity index (χ1n) is 6.47. The number of halogens is 1. The minimum absolute atomic E-state index is 0.0329. The number of rotatable bonds is 2. The van der Waals surface area contributed by atoms with Crippen LogP contribution >= 0.6 is 15.9 Å². The summed E-state index contributed by atoms with van der Waals surface area (Å²) in [6, 6.07) is 6.16. The van der Waals surface area contributed by atoms with Gasteiger partial charge in [-0.3, -0.25) is 4.79 Å². The summed E-state index contributed by atoms with van der Waals surface area (Å²) in [6.45, 7) is 6.47. The molecule has 1 aromatic carbocycles. The average Bonchev–Trinajstić information content (AvgIpc) is 2.62. The molecule has 1 amide bonds. The Hall–Kier alpha value is -0.830. The van der Waals surface area contributed by atoms with Gasteiger partial charge in [-0.2, -0.15) is 0 Å². The molecule has 0 aliphatic heterocycles. The van der Waals surface area contributed by atoms with E-state index in [1.165, 1.54) is 12.8 Å². The van der Waals surface area contributed by atoms with E-state index in [4.69, 9.17) is 0 Å². The highest BCUT2D eigenvalue weighted by atomic mass is 79.9. The summed E-state index contributed by atoms with van der Waals surface area (Å²) in [6.07, 6.45) is 3.47. The van der Waals surface area contributed by atoms with Crippen LogP contribution in [0.25, 0.3) is 0 Å². The second-order valence-electron chi connectivity index (χ2n) is 5.89. The second kappa shape index (κ2) is 5.04. The van der Waals surface area contributed by atoms with Crippen LogP contribution in [-0.2, 0) is 0 Å². The van der Waals surface area contributed by atoms with E-state index in [2.05, 4.69) is 35.1 Å². The molecule has 2 rings (SSSR count). The summed E-state index contributed by atoms with van der Waals surface area (Å²) in [5, 5.41) is 3.18. The van der Waals surface area contributed by atoms with Crippen molar-refractivity contribution in [2.24, 2.45) is 5.41 Å². The topological polar surface area (TPSA) is 29.1 Å². The van der Waals surface area contributed by atoms with Crippen LogP contribution in [0.15, 0.2) is 22.7 Å². The van der Waals surface area contributed by atoms with Crippen LogP contribution < -0.4 is 5.32 Å². The molecule has 0 bridgehead atoms. The highest BCUT2D eigenvalue weighted by Gasteiger charge is 2.35. The standard InChI is InChI=1S/C15H20BrNO/c1-10-6-7-12(16)11(9-10)14(18)17-13-5-4-8-15(13,2)3/h6-7,9,13H,4-5,8H2,1-3H3,(H,17,18). The highest BCUT2D eigenvalue weighted by molar-refractivity contribution is 9.10. The number of aryl methyl sites for hydroxylation is 1. The molecule has 0 heterocycles. The van der Waals surface area contributed by atoms with Gasteiger partial charge in [-0.25, -0.2) is 0 Å². The lowest BCUT2D eigenvalue weighted by atomic mass is 9.87. The Labute approximate surface area is 117 Å². The lowest BCUT2D eigenvalue weighted by Gasteiger charge is -2.28. The van der Waals surface area contributed by atoms with Crippen LogP contribution in [0, 0.1) is 12.3 Å². The normalized spacial score (nSPS) is 21.9. The van der Waals surface area contributed by atoms with Crippen LogP contribution in [0.4, 0.5) is 0 Å². The van der Waals surface area contributed by atoms with Crippen molar-refractivity contribution in [3.8, 4) is 0 Å². The van der Waals surface area contributed by atoms with E-state index in [1.54, 1.807) is 0 Å². The fourth-order valence-corrected chi connectivity index (χ4v) is 3.07. The average molecular weight is 310 g/mol. The van der Waals surface area contributed by atoms with Crippen molar-refractivity contribution in [2.75, 3.05) is 0 Å². The third kappa shape index (κ3) is 2.77. The molecule has 1 aromatic rings. The fraction of sp³-hybridized carbons (Fsp3) is 0.533. The van der Waals surface area contributed by atoms with Crippen LogP contribution in [-0.4, -0.2) is 11.9 Å². The first kappa shape index (κ1) is 13.6. The Bertz CT molecular complexity index is 468. The van der Waals surface area contributed by atoms with Crippen LogP contribution in [0.1, 0.15) is 49.0 Å². The van der Waals surface area contributed by atoms with Crippen LogP contribution in [0.5, 0.6) is 0 Å². The summed E-state index contributed by atoms with van der Waals surface area (Å²) in [7, 11) is 0. The predicted octanol–water partition coefficient (Wildman–Crippen LogP) is 4.07. The molecule has 3 heteroatoms. The zero-order chi connectivity index (χ0) is 13.3. The van der Waals surface area contributed by atoms with Gasteiger partial charge in [0.25, 0.3) is 5.91 Å². The molecule has 1 atom stereocenters. The Morgan fingerprint density at radius 3 is 2.78 bits per heavy atom. The molecule has 0 spiro atoms. The molecule has 0 saturated heterocycles. The van der Waals surface area contributed by atoms with E-state index in [9.17, 15) is 4.79 Å². The number of hydrogen-bond donors (Lipinski definition) is 1. The quantitative estimate of drug-likeness (QED) is 0.876. The monoisotopic (exact) mass is 309 g/mol. The minimum atomic E-state index is 0.0329. The van der Waals surface area contributed by atoms with Gasteiger partial charge in [0.15, 0.2) is 0 Å². The molecule has 0 aromatic heterocycles. The number of carbonyl (C=O) groups excluding carboxylic acids is 1. The molecule has 1 saturated carbocycles. The maximum Gasteiger partial charge on any atom is 0.252 e. The highest BCUT2D eigenvalue weighted by Crippen LogP contribution is 2.37. The molecule has 1 fully saturated rings. The maximum atomic E-state index is 12.3. The van der Waals surface area contributed by atoms with E-state index in [1.807, 2.05) is 25.1 Å². The molecule has 1 aliphatic rings. The van der Waals surface area contributed by atoms with Crippen molar-refractivity contribution in [1.82, 2.24) is 5.32 Å². The van der Waals surface area contributed by atoms with Crippen molar-refractivity contribution >= 4 is 21.8 Å². The van der Waals surface area contributed by atoms with Gasteiger partial charge in [-0.1, -0.05) is 31.9 Å². The van der Waals surface area contributed by atoms with Crippen molar-refractivity contribution in [3.63, 3.8) is 0 Å². The van der Waals surface area contributed by atoms with Crippen molar-refractivity contribution < 1.29 is 4.79 Å². The fourth-order valence-electron chi connectivity index (χ4n) is 2.64. The number of carbonyl (C=O) groups is 1. The Kier molecular flexibility index (Phi) is 3.81. The summed E-state index contributed by atoms with van der Waals surface area (Å²) >= 11 is 3.45. The molecule has 2 nitrogen and oxygen atoms in total. The maximum absolute atomic E-state index is 12.3. The Morgan fingerprint density at radius 1 is 1.44 bits per heavy atom. The van der Waals surface area contributed by atoms with E-state index in [0.717, 1.165) is 22.0 Å². The van der Waals surface area contributed by atoms with E-state index < -0.39 is 0 Å². The first-order chi connectivity index (χ1) is 8.40. The van der Waals surface area contributed by atoms with Gasteiger partial charge in [-0.05, 0) is 53.2 Å². The molecular formula is C15H20BrNO. The van der Waals surface area contributed by atoms with Crippen LogP contribution in [0.3, 0.4) is 0 Å². The lowest BCUT2D eigenvalue weighted by molar-refractivity contribution is 0.0909. The minimum Gasteiger partial charge on any atom is -0.349 e. The first-order valence-corrected chi connectivity index (χ1v) is 7.26. The molecule has 0 radical (unpaired) electrons. The van der Waals surface area contributed by atoms with Crippen molar-refractivity contribution in [2.45, 2.75) is 46.1 Å².